The van der Waals surface area contributed by atoms with Gasteiger partial charge in [0.25, 0.3) is 0 Å². The van der Waals surface area contributed by atoms with Gasteiger partial charge in [0.15, 0.2) is 0 Å². The molecule has 0 aliphatic heterocycles. The van der Waals surface area contributed by atoms with Gasteiger partial charge in [-0.1, -0.05) is 13.8 Å². The molecule has 6 nitrogen and oxygen atoms in total. The lowest BCUT2D eigenvalue weighted by Crippen LogP contribution is -2.41. The van der Waals surface area contributed by atoms with Crippen molar-refractivity contribution in [3.05, 3.63) is 12.4 Å². The van der Waals surface area contributed by atoms with Gasteiger partial charge in [-0.3, -0.25) is 9.48 Å². The van der Waals surface area contributed by atoms with Crippen LogP contribution >= 0.6 is 0 Å². The average molecular weight is 295 g/mol. The zero-order chi connectivity index (χ0) is 15.9. The zero-order valence-corrected chi connectivity index (χ0v) is 13.9. The monoisotopic (exact) mass is 295 g/mol. The third-order valence-electron chi connectivity index (χ3n) is 3.24. The zero-order valence-electron chi connectivity index (χ0n) is 13.9. The third kappa shape index (κ3) is 7.24. The molecule has 0 radical (unpaired) electrons. The van der Waals surface area contributed by atoms with Gasteiger partial charge in [-0.15, -0.1) is 0 Å². The van der Waals surface area contributed by atoms with Crippen LogP contribution in [0.2, 0.25) is 0 Å². The molecule has 0 unspecified atom stereocenters. The Morgan fingerprint density at radius 3 is 2.57 bits per heavy atom. The Hall–Kier alpha value is -1.40. The average Bonchev–Trinajstić information content (AvgIpc) is 2.84. The van der Waals surface area contributed by atoms with Crippen molar-refractivity contribution in [2.24, 2.45) is 0 Å². The van der Waals surface area contributed by atoms with Crippen molar-refractivity contribution >= 4 is 11.6 Å². The lowest BCUT2D eigenvalue weighted by Gasteiger charge is -2.19. The molecule has 0 saturated carbocycles. The number of carbonyl (C=O) groups is 1. The van der Waals surface area contributed by atoms with Crippen molar-refractivity contribution in [3.8, 4) is 0 Å². The first kappa shape index (κ1) is 17.7. The van der Waals surface area contributed by atoms with E-state index in [0.717, 1.165) is 31.9 Å². The highest BCUT2D eigenvalue weighted by Gasteiger charge is 2.12. The molecular weight excluding hydrogens is 266 g/mol. The molecule has 6 heteroatoms. The maximum absolute atomic E-state index is 11.8. The second-order valence-electron chi connectivity index (χ2n) is 6.17. The number of nitrogens with zero attached hydrogens (tertiary/aromatic N) is 3. The van der Waals surface area contributed by atoms with Crippen LogP contribution in [0.1, 0.15) is 34.6 Å². The fraction of sp³-hybridized carbons (Fsp3) is 0.733. The van der Waals surface area contributed by atoms with Gasteiger partial charge >= 0.3 is 0 Å². The van der Waals surface area contributed by atoms with Crippen LogP contribution in [0.5, 0.6) is 0 Å². The predicted octanol–water partition coefficient (Wildman–Crippen LogP) is 1.55. The van der Waals surface area contributed by atoms with E-state index < -0.39 is 0 Å². The van der Waals surface area contributed by atoms with E-state index in [4.69, 9.17) is 0 Å². The summed E-state index contributed by atoms with van der Waals surface area (Å²) in [6, 6.07) is 0. The van der Waals surface area contributed by atoms with Crippen LogP contribution in [-0.4, -0.2) is 52.3 Å². The fourth-order valence-electron chi connectivity index (χ4n) is 1.88. The van der Waals surface area contributed by atoms with Gasteiger partial charge in [0.1, 0.15) is 0 Å². The molecule has 0 aliphatic carbocycles. The number of aromatic nitrogens is 2. The first-order valence-corrected chi connectivity index (χ1v) is 7.63. The van der Waals surface area contributed by atoms with Gasteiger partial charge < -0.3 is 15.5 Å². The van der Waals surface area contributed by atoms with E-state index in [1.165, 1.54) is 0 Å². The number of anilines is 1. The van der Waals surface area contributed by atoms with Crippen LogP contribution < -0.4 is 10.6 Å². The number of rotatable bonds is 8. The molecule has 2 N–H and O–H groups in total. The van der Waals surface area contributed by atoms with Crippen LogP contribution in [0.25, 0.3) is 0 Å². The van der Waals surface area contributed by atoms with Crippen molar-refractivity contribution in [2.75, 3.05) is 31.5 Å². The first-order valence-electron chi connectivity index (χ1n) is 7.63. The van der Waals surface area contributed by atoms with Crippen molar-refractivity contribution < 1.29 is 4.79 Å². The normalized spacial score (nSPS) is 11.9. The van der Waals surface area contributed by atoms with E-state index in [1.807, 2.05) is 31.6 Å². The van der Waals surface area contributed by atoms with Gasteiger partial charge in [-0.2, -0.15) is 5.10 Å². The van der Waals surface area contributed by atoms with Gasteiger partial charge in [-0.25, -0.2) is 0 Å². The summed E-state index contributed by atoms with van der Waals surface area (Å²) in [4.78, 5) is 14.1. The molecule has 1 aromatic heterocycles. The summed E-state index contributed by atoms with van der Waals surface area (Å²) in [5.74, 6) is -0.0479. The Labute approximate surface area is 127 Å². The number of amides is 1. The second kappa shape index (κ2) is 8.14. The molecular formula is C15H29N5O. The van der Waals surface area contributed by atoms with Gasteiger partial charge in [-0.05, 0) is 33.9 Å². The van der Waals surface area contributed by atoms with Crippen molar-refractivity contribution in [2.45, 2.75) is 46.7 Å². The topological polar surface area (TPSA) is 62.2 Å². The summed E-state index contributed by atoms with van der Waals surface area (Å²) in [5, 5.41) is 10.3. The molecule has 120 valence electrons. The number of likely N-dealkylation sites (N-methyl/N-ethyl adjacent to an activating group) is 1. The molecule has 1 heterocycles. The van der Waals surface area contributed by atoms with E-state index in [1.54, 1.807) is 6.20 Å². The van der Waals surface area contributed by atoms with Crippen LogP contribution in [0.15, 0.2) is 12.4 Å². The van der Waals surface area contributed by atoms with Crippen LogP contribution in [-0.2, 0) is 11.3 Å². The Balaban J connectivity index is 2.39. The summed E-state index contributed by atoms with van der Waals surface area (Å²) in [6.45, 7) is 14.6. The van der Waals surface area contributed by atoms with Crippen LogP contribution in [0, 0.1) is 0 Å². The maximum atomic E-state index is 11.8. The van der Waals surface area contributed by atoms with Crippen molar-refractivity contribution in [3.63, 3.8) is 0 Å². The van der Waals surface area contributed by atoms with Crippen LogP contribution in [0.4, 0.5) is 5.69 Å². The fourth-order valence-corrected chi connectivity index (χ4v) is 1.88. The van der Waals surface area contributed by atoms with Crippen molar-refractivity contribution in [1.29, 1.82) is 0 Å². The largest absolute Gasteiger partial charge is 0.322 e. The van der Waals surface area contributed by atoms with Crippen molar-refractivity contribution in [1.82, 2.24) is 20.0 Å². The quantitative estimate of drug-likeness (QED) is 0.764. The first-order chi connectivity index (χ1) is 9.84. The minimum Gasteiger partial charge on any atom is -0.322 e. The highest BCUT2D eigenvalue weighted by atomic mass is 16.1. The number of carbonyl (C=O) groups excluding carboxylic acids is 1. The number of nitrogens with one attached hydrogen (secondary N) is 2. The summed E-state index contributed by atoms with van der Waals surface area (Å²) in [6.07, 6.45) is 3.57. The summed E-state index contributed by atoms with van der Waals surface area (Å²) < 4.78 is 1.87. The van der Waals surface area contributed by atoms with E-state index in [-0.39, 0.29) is 11.4 Å². The van der Waals surface area contributed by atoms with E-state index in [9.17, 15) is 4.79 Å². The summed E-state index contributed by atoms with van der Waals surface area (Å²) in [5.41, 5.74) is 0.681. The Bertz CT molecular complexity index is 432. The second-order valence-corrected chi connectivity index (χ2v) is 6.17. The molecule has 21 heavy (non-hydrogen) atoms. The van der Waals surface area contributed by atoms with Gasteiger partial charge in [0.2, 0.25) is 5.91 Å². The molecule has 0 atom stereocenters. The molecule has 0 aliphatic rings. The lowest BCUT2D eigenvalue weighted by molar-refractivity contribution is -0.115. The molecule has 1 rings (SSSR count). The van der Waals surface area contributed by atoms with E-state index in [2.05, 4.69) is 34.5 Å². The highest BCUT2D eigenvalue weighted by Crippen LogP contribution is 2.05. The predicted molar refractivity (Wildman–Crippen MR) is 86.4 cm³/mol. The van der Waals surface area contributed by atoms with E-state index in [0.29, 0.717) is 6.54 Å². The SMILES string of the molecule is CCN(CC)CCn1cc(NC(=O)CNC(C)(C)C)cn1. The van der Waals surface area contributed by atoms with Gasteiger partial charge in [0.05, 0.1) is 25.0 Å². The van der Waals surface area contributed by atoms with E-state index >= 15 is 0 Å². The summed E-state index contributed by atoms with van der Waals surface area (Å²) >= 11 is 0. The summed E-state index contributed by atoms with van der Waals surface area (Å²) in [7, 11) is 0. The third-order valence-corrected chi connectivity index (χ3v) is 3.24. The highest BCUT2D eigenvalue weighted by molar-refractivity contribution is 5.91. The Morgan fingerprint density at radius 1 is 1.33 bits per heavy atom. The molecule has 1 amide bonds. The minimum atomic E-state index is -0.0642. The number of hydrogen-bond donors (Lipinski definition) is 2. The lowest BCUT2D eigenvalue weighted by atomic mass is 10.1. The molecule has 0 spiro atoms. The molecule has 0 saturated heterocycles. The van der Waals surface area contributed by atoms with Crippen LogP contribution in [0.3, 0.4) is 0 Å². The van der Waals surface area contributed by atoms with Gasteiger partial charge in [0, 0.05) is 18.3 Å². The smallest absolute Gasteiger partial charge is 0.238 e. The Morgan fingerprint density at radius 2 is 2.00 bits per heavy atom. The molecule has 0 bridgehead atoms. The standard InChI is InChI=1S/C15H29N5O/c1-6-19(7-2)8-9-20-12-13(10-17-20)18-14(21)11-16-15(3,4)5/h10,12,16H,6-9,11H2,1-5H3,(H,18,21). The molecule has 1 aromatic rings. The maximum Gasteiger partial charge on any atom is 0.238 e. The minimum absolute atomic E-state index is 0.0479. The molecule has 0 aromatic carbocycles. The number of hydrogen-bond acceptors (Lipinski definition) is 4. The molecule has 0 fully saturated rings. The Kier molecular flexibility index (Phi) is 6.84.